The van der Waals surface area contributed by atoms with Gasteiger partial charge in [-0.15, -0.1) is 29.8 Å². The summed E-state index contributed by atoms with van der Waals surface area (Å²) in [5, 5.41) is 8.25. The molecule has 0 aliphatic heterocycles. The number of aliphatic hydroxyl groups excluding tert-OH is 1. The number of rotatable bonds is 2. The van der Waals surface area contributed by atoms with Crippen LogP contribution in [0, 0.1) is 26.8 Å². The van der Waals surface area contributed by atoms with Crippen molar-refractivity contribution in [1.82, 2.24) is 4.98 Å². The molecule has 0 saturated heterocycles. The Balaban J connectivity index is 0.000000456. The van der Waals surface area contributed by atoms with Crippen molar-refractivity contribution in [3.63, 3.8) is 0 Å². The van der Waals surface area contributed by atoms with Crippen LogP contribution in [0.3, 0.4) is 0 Å². The summed E-state index contributed by atoms with van der Waals surface area (Å²) in [5.41, 5.74) is 8.41. The van der Waals surface area contributed by atoms with Crippen molar-refractivity contribution in [3.8, 4) is 22.4 Å². The Morgan fingerprint density at radius 2 is 1.69 bits per heavy atom. The molecule has 1 N–H and O–H groups in total. The molecule has 0 radical (unpaired) electrons. The monoisotopic (exact) mass is 568 g/mol. The van der Waals surface area contributed by atoms with Crippen molar-refractivity contribution in [2.24, 2.45) is 4.99 Å². The Bertz CT molecular complexity index is 972. The third kappa shape index (κ3) is 7.07. The van der Waals surface area contributed by atoms with Gasteiger partial charge in [-0.1, -0.05) is 52.1 Å². The van der Waals surface area contributed by atoms with Crippen molar-refractivity contribution in [1.29, 1.82) is 0 Å². The SMILES string of the molecule is CC(=O)N=C(C)O.Cc1cc(C)c(-c2ccc[c-]c2-c2ccccn2)c(C)c1.[Pt]. The number of carbonyl (C=O) groups is 1. The maximum atomic E-state index is 9.91. The first-order valence-corrected chi connectivity index (χ1v) is 9.04. The summed E-state index contributed by atoms with van der Waals surface area (Å²) in [7, 11) is 0. The molecule has 0 saturated carbocycles. The van der Waals surface area contributed by atoms with Crippen molar-refractivity contribution in [2.45, 2.75) is 34.6 Å². The minimum absolute atomic E-state index is 0. The van der Waals surface area contributed by atoms with E-state index in [1.54, 1.807) is 0 Å². The molecular weight excluding hydrogens is 543 g/mol. The molecule has 4 nitrogen and oxygen atoms in total. The van der Waals surface area contributed by atoms with Gasteiger partial charge in [-0.25, -0.2) is 0 Å². The molecule has 0 spiro atoms. The molecule has 0 fully saturated rings. The topological polar surface area (TPSA) is 62.5 Å². The van der Waals surface area contributed by atoms with Crippen LogP contribution in [0.25, 0.3) is 22.4 Å². The number of nitrogens with zero attached hydrogens (tertiary/aromatic N) is 2. The van der Waals surface area contributed by atoms with Gasteiger partial charge in [-0.2, -0.15) is 4.99 Å². The van der Waals surface area contributed by atoms with Gasteiger partial charge in [0.05, 0.1) is 0 Å². The number of carbonyl (C=O) groups excluding carboxylic acids is 1. The Kier molecular flexibility index (Phi) is 9.64. The van der Waals surface area contributed by atoms with E-state index in [0.717, 1.165) is 11.3 Å². The minimum atomic E-state index is -0.375. The summed E-state index contributed by atoms with van der Waals surface area (Å²) < 4.78 is 0. The van der Waals surface area contributed by atoms with Crippen molar-refractivity contribution in [2.75, 3.05) is 0 Å². The molecule has 154 valence electrons. The molecule has 1 amide bonds. The van der Waals surface area contributed by atoms with E-state index in [1.807, 2.05) is 36.5 Å². The van der Waals surface area contributed by atoms with Crippen LogP contribution in [0.2, 0.25) is 0 Å². The van der Waals surface area contributed by atoms with Crippen molar-refractivity contribution >= 4 is 11.8 Å². The first kappa shape index (κ1) is 24.5. The van der Waals surface area contributed by atoms with Crippen LogP contribution in [0.4, 0.5) is 0 Å². The van der Waals surface area contributed by atoms with Gasteiger partial charge in [0.15, 0.2) is 5.90 Å². The Labute approximate surface area is 187 Å². The number of aromatic nitrogens is 1. The normalized spacial score (nSPS) is 10.4. The summed E-state index contributed by atoms with van der Waals surface area (Å²) in [4.78, 5) is 17.5. The van der Waals surface area contributed by atoms with E-state index >= 15 is 0 Å². The number of pyridine rings is 1. The van der Waals surface area contributed by atoms with Crippen LogP contribution in [-0.2, 0) is 25.9 Å². The Morgan fingerprint density at radius 3 is 2.17 bits per heavy atom. The predicted molar refractivity (Wildman–Crippen MR) is 115 cm³/mol. The number of hydrogen-bond acceptors (Lipinski definition) is 2. The molecule has 0 unspecified atom stereocenters. The van der Waals surface area contributed by atoms with Crippen LogP contribution in [0.5, 0.6) is 0 Å². The quantitative estimate of drug-likeness (QED) is 0.247. The number of aryl methyl sites for hydroxylation is 3. The van der Waals surface area contributed by atoms with Crippen LogP contribution in [-0.4, -0.2) is 21.9 Å². The average molecular weight is 569 g/mol. The molecule has 29 heavy (non-hydrogen) atoms. The summed E-state index contributed by atoms with van der Waals surface area (Å²) in [6, 6.07) is 20.0. The number of aliphatic imine (C=N–C) groups is 1. The fourth-order valence-electron chi connectivity index (χ4n) is 3.20. The van der Waals surface area contributed by atoms with E-state index in [1.165, 1.54) is 41.7 Å². The minimum Gasteiger partial charge on any atom is -0.496 e. The molecule has 3 aromatic rings. The number of benzene rings is 2. The van der Waals surface area contributed by atoms with E-state index in [2.05, 4.69) is 55.0 Å². The van der Waals surface area contributed by atoms with Gasteiger partial charge < -0.3 is 10.1 Å². The zero-order chi connectivity index (χ0) is 20.7. The van der Waals surface area contributed by atoms with E-state index in [0.29, 0.717) is 0 Å². The number of hydrogen-bond donors (Lipinski definition) is 1. The van der Waals surface area contributed by atoms with Crippen LogP contribution < -0.4 is 0 Å². The standard InChI is InChI=1S/C20H18N.C4H7NO2.Pt/c1-14-12-15(2)20(16(3)13-14)18-9-5-4-8-17(18)19-10-6-7-11-21-19;1-3(6)5-4(2)7;/h4-7,9-13H,1-3H3;1-2H3,(H,5,6,7);/q-1;;. The van der Waals surface area contributed by atoms with Gasteiger partial charge in [0.1, 0.15) is 0 Å². The summed E-state index contributed by atoms with van der Waals surface area (Å²) in [6.07, 6.45) is 1.83. The second-order valence-electron chi connectivity index (χ2n) is 6.63. The van der Waals surface area contributed by atoms with Gasteiger partial charge in [-0.05, 0) is 32.5 Å². The summed E-state index contributed by atoms with van der Waals surface area (Å²) in [6.45, 7) is 9.11. The molecule has 2 aromatic carbocycles. The summed E-state index contributed by atoms with van der Waals surface area (Å²) >= 11 is 0. The zero-order valence-corrected chi connectivity index (χ0v) is 19.5. The first-order chi connectivity index (χ1) is 13.3. The van der Waals surface area contributed by atoms with Gasteiger partial charge >= 0.3 is 0 Å². The second-order valence-corrected chi connectivity index (χ2v) is 6.63. The Morgan fingerprint density at radius 1 is 1.03 bits per heavy atom. The van der Waals surface area contributed by atoms with E-state index in [-0.39, 0.29) is 32.9 Å². The van der Waals surface area contributed by atoms with Crippen molar-refractivity contribution in [3.05, 3.63) is 77.5 Å². The van der Waals surface area contributed by atoms with E-state index in [4.69, 9.17) is 5.11 Å². The molecule has 3 rings (SSSR count). The number of aliphatic hydroxyl groups is 1. The summed E-state index contributed by atoms with van der Waals surface area (Å²) in [5.74, 6) is -0.562. The second kappa shape index (κ2) is 11.4. The fourth-order valence-corrected chi connectivity index (χ4v) is 3.20. The van der Waals surface area contributed by atoms with Gasteiger partial charge in [-0.3, -0.25) is 4.79 Å². The molecule has 0 atom stereocenters. The van der Waals surface area contributed by atoms with Gasteiger partial charge in [0.2, 0.25) is 5.91 Å². The third-order valence-electron chi connectivity index (χ3n) is 4.04. The van der Waals surface area contributed by atoms with Crippen LogP contribution in [0.1, 0.15) is 30.5 Å². The fraction of sp³-hybridized carbons (Fsp3) is 0.208. The van der Waals surface area contributed by atoms with Crippen LogP contribution in [0.15, 0.2) is 59.7 Å². The molecule has 0 aliphatic rings. The first-order valence-electron chi connectivity index (χ1n) is 9.04. The zero-order valence-electron chi connectivity index (χ0n) is 17.3. The smallest absolute Gasteiger partial charge is 0.245 e. The average Bonchev–Trinajstić information content (AvgIpc) is 2.61. The molecule has 1 heterocycles. The van der Waals surface area contributed by atoms with Crippen molar-refractivity contribution < 1.29 is 31.0 Å². The Hall–Kier alpha value is -2.58. The van der Waals surface area contributed by atoms with E-state index in [9.17, 15) is 4.79 Å². The largest absolute Gasteiger partial charge is 0.496 e. The molecular formula is C24H25N2O2Pt-. The number of amides is 1. The third-order valence-corrected chi connectivity index (χ3v) is 4.04. The maximum Gasteiger partial charge on any atom is 0.245 e. The molecule has 0 bridgehead atoms. The predicted octanol–water partition coefficient (Wildman–Crippen LogP) is 5.65. The maximum absolute atomic E-state index is 9.91. The van der Waals surface area contributed by atoms with Crippen LogP contribution >= 0.6 is 0 Å². The van der Waals surface area contributed by atoms with E-state index < -0.39 is 0 Å². The molecule has 1 aromatic heterocycles. The molecule has 5 heteroatoms. The van der Waals surface area contributed by atoms with Gasteiger partial charge in [0, 0.05) is 41.1 Å². The molecule has 0 aliphatic carbocycles. The van der Waals surface area contributed by atoms with Gasteiger partial charge in [0.25, 0.3) is 0 Å².